The van der Waals surface area contributed by atoms with E-state index in [2.05, 4.69) is 26.2 Å². The van der Waals surface area contributed by atoms with Crippen LogP contribution in [0, 0.1) is 0 Å². The molecule has 4 N–H and O–H groups in total. The number of anilines is 1. The van der Waals surface area contributed by atoms with Crippen LogP contribution in [0.2, 0.25) is 10.0 Å². The fourth-order valence-corrected chi connectivity index (χ4v) is 3.96. The second-order valence-corrected chi connectivity index (χ2v) is 7.89. The number of benzene rings is 1. The third-order valence-electron chi connectivity index (χ3n) is 4.50. The zero-order chi connectivity index (χ0) is 17.9. The molecule has 1 aliphatic carbocycles. The second-order valence-electron chi connectivity index (χ2n) is 6.31. The maximum atomic E-state index is 10.4. The third kappa shape index (κ3) is 2.93. The Morgan fingerprint density at radius 3 is 2.64 bits per heavy atom. The molecular formula is C15H16BrCl2N3O4. The summed E-state index contributed by atoms with van der Waals surface area (Å²) in [4.78, 5) is 4.58. The van der Waals surface area contributed by atoms with Crippen molar-refractivity contribution in [3.05, 3.63) is 20.6 Å². The van der Waals surface area contributed by atoms with Gasteiger partial charge in [-0.1, -0.05) is 23.2 Å². The molecule has 2 aliphatic rings. The van der Waals surface area contributed by atoms with Crippen molar-refractivity contribution in [1.29, 1.82) is 0 Å². The van der Waals surface area contributed by atoms with Gasteiger partial charge >= 0.3 is 0 Å². The van der Waals surface area contributed by atoms with Gasteiger partial charge in [-0.3, -0.25) is 4.57 Å². The van der Waals surface area contributed by atoms with Gasteiger partial charge in [0.25, 0.3) is 0 Å². The largest absolute Gasteiger partial charge is 0.394 e. The lowest BCUT2D eigenvalue weighted by Crippen LogP contribution is -2.33. The molecule has 7 nitrogen and oxygen atoms in total. The molecule has 4 atom stereocenters. The monoisotopic (exact) mass is 451 g/mol. The lowest BCUT2D eigenvalue weighted by Gasteiger charge is -2.20. The SMILES string of the molecule is OC[C@@H]1O[C@H](n2c(NC3CC3)nc3c(Br)c(Cl)c(Cl)cc32)[C@@H](O)[C@H]1O. The predicted molar refractivity (Wildman–Crippen MR) is 97.1 cm³/mol. The van der Waals surface area contributed by atoms with Crippen molar-refractivity contribution in [1.82, 2.24) is 9.55 Å². The summed E-state index contributed by atoms with van der Waals surface area (Å²) in [6.07, 6.45) is -2.15. The molecule has 136 valence electrons. The van der Waals surface area contributed by atoms with E-state index in [4.69, 9.17) is 27.9 Å². The molecule has 2 heterocycles. The number of rotatable bonds is 4. The first-order valence-corrected chi connectivity index (χ1v) is 9.41. The van der Waals surface area contributed by atoms with E-state index in [0.29, 0.717) is 37.5 Å². The van der Waals surface area contributed by atoms with Crippen molar-refractivity contribution in [3.63, 3.8) is 0 Å². The number of hydrogen-bond donors (Lipinski definition) is 4. The van der Waals surface area contributed by atoms with Crippen LogP contribution in [-0.2, 0) is 4.74 Å². The fourth-order valence-electron chi connectivity index (χ4n) is 3.00. The summed E-state index contributed by atoms with van der Waals surface area (Å²) in [6.45, 7) is -0.400. The Morgan fingerprint density at radius 2 is 2.04 bits per heavy atom. The number of aliphatic hydroxyl groups excluding tert-OH is 3. The second kappa shape index (κ2) is 6.53. The van der Waals surface area contributed by atoms with Crippen molar-refractivity contribution in [2.45, 2.75) is 43.4 Å². The summed E-state index contributed by atoms with van der Waals surface area (Å²) >= 11 is 15.8. The van der Waals surface area contributed by atoms with Crippen LogP contribution in [0.5, 0.6) is 0 Å². The number of imidazole rings is 1. The van der Waals surface area contributed by atoms with Crippen LogP contribution in [-0.4, -0.2) is 55.8 Å². The first-order valence-electron chi connectivity index (χ1n) is 7.86. The van der Waals surface area contributed by atoms with Gasteiger partial charge in [0.2, 0.25) is 5.95 Å². The predicted octanol–water partition coefficient (Wildman–Crippen LogP) is 2.29. The van der Waals surface area contributed by atoms with Crippen molar-refractivity contribution in [2.24, 2.45) is 0 Å². The molecule has 0 unspecified atom stereocenters. The van der Waals surface area contributed by atoms with E-state index in [1.165, 1.54) is 0 Å². The Hall–Kier alpha value is -0.610. The van der Waals surface area contributed by atoms with Crippen molar-refractivity contribution in [2.75, 3.05) is 11.9 Å². The highest BCUT2D eigenvalue weighted by molar-refractivity contribution is 9.10. The van der Waals surface area contributed by atoms with Gasteiger partial charge in [0.05, 0.1) is 26.6 Å². The molecule has 1 saturated heterocycles. The summed E-state index contributed by atoms with van der Waals surface area (Å²) in [5.41, 5.74) is 1.16. The number of fused-ring (bicyclic) bond motifs is 1. The third-order valence-corrected chi connectivity index (χ3v) is 6.29. The van der Waals surface area contributed by atoms with Crippen LogP contribution >= 0.6 is 39.1 Å². The number of ether oxygens (including phenoxy) is 1. The average molecular weight is 453 g/mol. The zero-order valence-corrected chi connectivity index (χ0v) is 16.0. The zero-order valence-electron chi connectivity index (χ0n) is 12.9. The molecule has 1 aliphatic heterocycles. The molecule has 1 aromatic heterocycles. The van der Waals surface area contributed by atoms with Gasteiger partial charge in [-0.25, -0.2) is 4.98 Å². The van der Waals surface area contributed by atoms with Gasteiger partial charge in [0, 0.05) is 6.04 Å². The highest BCUT2D eigenvalue weighted by atomic mass is 79.9. The van der Waals surface area contributed by atoms with E-state index < -0.39 is 31.1 Å². The quantitative estimate of drug-likeness (QED) is 0.531. The Bertz CT molecular complexity index is 829. The molecule has 2 fully saturated rings. The number of nitrogens with zero attached hydrogens (tertiary/aromatic N) is 2. The molecule has 0 spiro atoms. The van der Waals surface area contributed by atoms with Gasteiger partial charge in [-0.2, -0.15) is 0 Å². The molecule has 0 radical (unpaired) electrons. The van der Waals surface area contributed by atoms with Gasteiger partial charge in [-0.15, -0.1) is 0 Å². The number of aliphatic hydroxyl groups is 3. The molecule has 2 aromatic rings. The topological polar surface area (TPSA) is 99.8 Å². The number of nitrogens with one attached hydrogen (secondary N) is 1. The van der Waals surface area contributed by atoms with E-state index in [1.807, 2.05) is 0 Å². The van der Waals surface area contributed by atoms with Gasteiger partial charge in [0.1, 0.15) is 23.8 Å². The summed E-state index contributed by atoms with van der Waals surface area (Å²) in [6, 6.07) is 1.95. The lowest BCUT2D eigenvalue weighted by atomic mass is 10.1. The standard InChI is InChI=1S/C15H16BrCl2N3O4/c16-9-10(18)6(17)3-7-11(9)20-15(19-5-1-2-5)21(7)14-13(24)12(23)8(4-22)25-14/h3,5,8,12-14,22-24H,1-2,4H2,(H,19,20)/t8-,12-,13-,14-/m0/s1. The molecule has 1 aromatic carbocycles. The highest BCUT2D eigenvalue weighted by Gasteiger charge is 2.45. The number of hydrogen-bond acceptors (Lipinski definition) is 6. The Kier molecular flexibility index (Phi) is 4.64. The van der Waals surface area contributed by atoms with E-state index >= 15 is 0 Å². The Balaban J connectivity index is 1.88. The van der Waals surface area contributed by atoms with Gasteiger partial charge < -0.3 is 25.4 Å². The highest BCUT2D eigenvalue weighted by Crippen LogP contribution is 2.42. The minimum absolute atomic E-state index is 0.303. The van der Waals surface area contributed by atoms with Crippen LogP contribution in [0.3, 0.4) is 0 Å². The van der Waals surface area contributed by atoms with Crippen molar-refractivity contribution < 1.29 is 20.1 Å². The smallest absolute Gasteiger partial charge is 0.206 e. The molecule has 0 amide bonds. The van der Waals surface area contributed by atoms with Gasteiger partial charge in [-0.05, 0) is 34.8 Å². The number of aromatic nitrogens is 2. The fraction of sp³-hybridized carbons (Fsp3) is 0.533. The number of halogens is 3. The Labute approximate surface area is 161 Å². The molecule has 4 rings (SSSR count). The molecular weight excluding hydrogens is 437 g/mol. The minimum atomic E-state index is -1.22. The molecule has 25 heavy (non-hydrogen) atoms. The van der Waals surface area contributed by atoms with Crippen LogP contribution in [0.25, 0.3) is 11.0 Å². The summed E-state index contributed by atoms with van der Waals surface area (Å²) in [5.74, 6) is 0.492. The van der Waals surface area contributed by atoms with Crippen molar-refractivity contribution >= 4 is 56.1 Å². The summed E-state index contributed by atoms with van der Waals surface area (Å²) in [5, 5.41) is 33.8. The Morgan fingerprint density at radius 1 is 1.32 bits per heavy atom. The average Bonchev–Trinajstić information content (AvgIpc) is 3.28. The van der Waals surface area contributed by atoms with Crippen LogP contribution in [0.1, 0.15) is 19.1 Å². The molecule has 0 bridgehead atoms. The van der Waals surface area contributed by atoms with E-state index in [1.54, 1.807) is 10.6 Å². The summed E-state index contributed by atoms with van der Waals surface area (Å²) < 4.78 is 7.88. The van der Waals surface area contributed by atoms with Crippen molar-refractivity contribution in [3.8, 4) is 0 Å². The maximum absolute atomic E-state index is 10.4. The van der Waals surface area contributed by atoms with E-state index in [0.717, 1.165) is 12.8 Å². The summed E-state index contributed by atoms with van der Waals surface area (Å²) in [7, 11) is 0. The van der Waals surface area contributed by atoms with Gasteiger partial charge in [0.15, 0.2) is 6.23 Å². The van der Waals surface area contributed by atoms with Crippen LogP contribution in [0.4, 0.5) is 5.95 Å². The van der Waals surface area contributed by atoms with Crippen LogP contribution < -0.4 is 5.32 Å². The lowest BCUT2D eigenvalue weighted by molar-refractivity contribution is -0.0499. The first-order chi connectivity index (χ1) is 11.9. The van der Waals surface area contributed by atoms with E-state index in [9.17, 15) is 15.3 Å². The van der Waals surface area contributed by atoms with Crippen LogP contribution in [0.15, 0.2) is 10.5 Å². The van der Waals surface area contributed by atoms with E-state index in [-0.39, 0.29) is 0 Å². The first kappa shape index (κ1) is 17.8. The maximum Gasteiger partial charge on any atom is 0.206 e. The molecule has 1 saturated carbocycles. The molecule has 10 heteroatoms. The normalized spacial score (nSPS) is 29.5. The minimum Gasteiger partial charge on any atom is -0.394 e.